The third-order valence-electron chi connectivity index (χ3n) is 3.80. The topological polar surface area (TPSA) is 66.0 Å². The van der Waals surface area contributed by atoms with E-state index in [0.29, 0.717) is 22.8 Å². The molecule has 0 unspecified atom stereocenters. The molecule has 0 aromatic heterocycles. The summed E-state index contributed by atoms with van der Waals surface area (Å²) in [5.41, 5.74) is 0.747. The fourth-order valence-corrected chi connectivity index (χ4v) is 2.47. The molecule has 2 rings (SSSR count). The Balaban J connectivity index is 2.09. The van der Waals surface area contributed by atoms with Crippen molar-refractivity contribution in [2.45, 2.75) is 12.9 Å². The summed E-state index contributed by atoms with van der Waals surface area (Å²) in [6.07, 6.45) is -2.47. The monoisotopic (exact) mass is 411 g/mol. The highest BCUT2D eigenvalue weighted by molar-refractivity contribution is 5.92. The highest BCUT2D eigenvalue weighted by Gasteiger charge is 2.31. The molecule has 9 heteroatoms. The summed E-state index contributed by atoms with van der Waals surface area (Å²) in [5.74, 6) is 0.511. The first kappa shape index (κ1) is 21.9. The molecule has 2 aromatic rings. The lowest BCUT2D eigenvalue weighted by atomic mass is 10.1. The first-order valence-electron chi connectivity index (χ1n) is 8.37. The van der Waals surface area contributed by atoms with Crippen molar-refractivity contribution in [3.05, 3.63) is 53.6 Å². The van der Waals surface area contributed by atoms with Gasteiger partial charge in [0.15, 0.2) is 11.5 Å². The van der Waals surface area contributed by atoms with Crippen LogP contribution in [0.4, 0.5) is 13.2 Å². The van der Waals surface area contributed by atoms with Crippen LogP contribution in [0.1, 0.15) is 11.1 Å². The van der Waals surface area contributed by atoms with E-state index in [1.807, 2.05) is 0 Å². The maximum absolute atomic E-state index is 12.5. The number of hydrogen-bond donors (Lipinski definition) is 1. The third kappa shape index (κ3) is 6.34. The molecule has 0 saturated heterocycles. The lowest BCUT2D eigenvalue weighted by molar-refractivity contribution is -0.274. The van der Waals surface area contributed by atoms with Crippen molar-refractivity contribution in [2.24, 2.45) is 0 Å². The standard InChI is InChI=1S/C20H20F3NO5/c1-26-16-11-18(28-3)17(27-2)10-14(16)12-24-19(25)9-8-13-6-4-5-7-15(13)29-20(21,22)23/h4-11H,12H2,1-3H3,(H,24,25)/b9-8+. The summed E-state index contributed by atoms with van der Waals surface area (Å²) in [7, 11) is 4.45. The van der Waals surface area contributed by atoms with E-state index in [1.165, 1.54) is 51.7 Å². The van der Waals surface area contributed by atoms with Crippen LogP contribution in [0.5, 0.6) is 23.0 Å². The molecule has 0 aliphatic carbocycles. The Morgan fingerprint density at radius 2 is 1.59 bits per heavy atom. The summed E-state index contributed by atoms with van der Waals surface area (Å²) < 4.78 is 57.0. The Bertz CT molecular complexity index is 881. The van der Waals surface area contributed by atoms with E-state index in [0.717, 1.165) is 6.08 Å². The molecular formula is C20H20F3NO5. The molecule has 0 aliphatic rings. The molecule has 0 heterocycles. The molecule has 2 aromatic carbocycles. The van der Waals surface area contributed by atoms with Crippen molar-refractivity contribution in [3.8, 4) is 23.0 Å². The van der Waals surface area contributed by atoms with Gasteiger partial charge in [-0.05, 0) is 18.2 Å². The molecule has 6 nitrogen and oxygen atoms in total. The van der Waals surface area contributed by atoms with Gasteiger partial charge in [-0.3, -0.25) is 4.79 Å². The van der Waals surface area contributed by atoms with Crippen molar-refractivity contribution in [1.29, 1.82) is 0 Å². The van der Waals surface area contributed by atoms with Crippen LogP contribution in [0.15, 0.2) is 42.5 Å². The predicted molar refractivity (Wildman–Crippen MR) is 100 cm³/mol. The molecular weight excluding hydrogens is 391 g/mol. The van der Waals surface area contributed by atoms with Crippen LogP contribution >= 0.6 is 0 Å². The van der Waals surface area contributed by atoms with Gasteiger partial charge in [0.05, 0.1) is 21.3 Å². The van der Waals surface area contributed by atoms with E-state index in [4.69, 9.17) is 14.2 Å². The second kappa shape index (κ2) is 9.72. The van der Waals surface area contributed by atoms with Gasteiger partial charge in [0.25, 0.3) is 0 Å². The summed E-state index contributed by atoms with van der Waals surface area (Å²) >= 11 is 0. The van der Waals surface area contributed by atoms with Gasteiger partial charge in [-0.2, -0.15) is 0 Å². The van der Waals surface area contributed by atoms with Gasteiger partial charge in [0.2, 0.25) is 5.91 Å². The van der Waals surface area contributed by atoms with Crippen LogP contribution in [-0.4, -0.2) is 33.6 Å². The van der Waals surface area contributed by atoms with Crippen LogP contribution < -0.4 is 24.3 Å². The average Bonchev–Trinajstić information content (AvgIpc) is 2.69. The van der Waals surface area contributed by atoms with Crippen LogP contribution in [0.2, 0.25) is 0 Å². The van der Waals surface area contributed by atoms with Gasteiger partial charge in [0.1, 0.15) is 11.5 Å². The van der Waals surface area contributed by atoms with E-state index in [9.17, 15) is 18.0 Å². The molecule has 0 aliphatic heterocycles. The van der Waals surface area contributed by atoms with Crippen LogP contribution in [-0.2, 0) is 11.3 Å². The van der Waals surface area contributed by atoms with Gasteiger partial charge in [-0.25, -0.2) is 0 Å². The van der Waals surface area contributed by atoms with Crippen LogP contribution in [0.25, 0.3) is 6.08 Å². The van der Waals surface area contributed by atoms with Gasteiger partial charge < -0.3 is 24.3 Å². The molecule has 156 valence electrons. The second-order valence-corrected chi connectivity index (χ2v) is 5.66. The number of alkyl halides is 3. The molecule has 1 amide bonds. The number of halogens is 3. The zero-order chi connectivity index (χ0) is 21.4. The number of carbonyl (C=O) groups is 1. The minimum atomic E-state index is -4.82. The molecule has 0 saturated carbocycles. The summed E-state index contributed by atoms with van der Waals surface area (Å²) in [4.78, 5) is 12.1. The van der Waals surface area contributed by atoms with Crippen molar-refractivity contribution < 1.29 is 36.9 Å². The predicted octanol–water partition coefficient (Wildman–Crippen LogP) is 3.94. The lowest BCUT2D eigenvalue weighted by Crippen LogP contribution is -2.20. The number of ether oxygens (including phenoxy) is 4. The van der Waals surface area contributed by atoms with Gasteiger partial charge in [0, 0.05) is 29.8 Å². The molecule has 29 heavy (non-hydrogen) atoms. The maximum atomic E-state index is 12.5. The van der Waals surface area contributed by atoms with Crippen molar-refractivity contribution in [1.82, 2.24) is 5.32 Å². The molecule has 1 N–H and O–H groups in total. The SMILES string of the molecule is COc1cc(OC)c(OC)cc1CNC(=O)/C=C/c1ccccc1OC(F)(F)F. The molecule has 0 fully saturated rings. The average molecular weight is 411 g/mol. The number of methoxy groups -OCH3 is 3. The Labute approximate surface area is 165 Å². The van der Waals surface area contributed by atoms with E-state index < -0.39 is 18.0 Å². The number of rotatable bonds is 8. The largest absolute Gasteiger partial charge is 0.573 e. The minimum absolute atomic E-state index is 0.105. The lowest BCUT2D eigenvalue weighted by Gasteiger charge is -2.14. The Morgan fingerprint density at radius 3 is 2.21 bits per heavy atom. The normalized spacial score (nSPS) is 11.2. The summed E-state index contributed by atoms with van der Waals surface area (Å²) in [5, 5.41) is 2.64. The number of para-hydroxylation sites is 1. The first-order chi connectivity index (χ1) is 13.8. The van der Waals surface area contributed by atoms with Gasteiger partial charge >= 0.3 is 6.36 Å². The Morgan fingerprint density at radius 1 is 0.966 bits per heavy atom. The minimum Gasteiger partial charge on any atom is -0.496 e. The van der Waals surface area contributed by atoms with Crippen molar-refractivity contribution >= 4 is 12.0 Å². The van der Waals surface area contributed by atoms with E-state index in [2.05, 4.69) is 10.1 Å². The molecule has 0 atom stereocenters. The second-order valence-electron chi connectivity index (χ2n) is 5.66. The smallest absolute Gasteiger partial charge is 0.496 e. The van der Waals surface area contributed by atoms with E-state index in [1.54, 1.807) is 12.1 Å². The molecule has 0 radical (unpaired) electrons. The summed E-state index contributed by atoms with van der Waals surface area (Å²) in [6.45, 7) is 0.105. The highest BCUT2D eigenvalue weighted by Crippen LogP contribution is 2.34. The summed E-state index contributed by atoms with van der Waals surface area (Å²) in [6, 6.07) is 8.80. The quantitative estimate of drug-likeness (QED) is 0.667. The Kier molecular flexibility index (Phi) is 7.35. The van der Waals surface area contributed by atoms with E-state index in [-0.39, 0.29) is 12.1 Å². The zero-order valence-corrected chi connectivity index (χ0v) is 16.0. The van der Waals surface area contributed by atoms with Crippen LogP contribution in [0, 0.1) is 0 Å². The zero-order valence-electron chi connectivity index (χ0n) is 16.0. The number of carbonyl (C=O) groups excluding carboxylic acids is 1. The fourth-order valence-electron chi connectivity index (χ4n) is 2.47. The molecule has 0 bridgehead atoms. The maximum Gasteiger partial charge on any atom is 0.573 e. The number of amides is 1. The number of hydrogen-bond acceptors (Lipinski definition) is 5. The number of benzene rings is 2. The van der Waals surface area contributed by atoms with E-state index >= 15 is 0 Å². The molecule has 0 spiro atoms. The van der Waals surface area contributed by atoms with Crippen molar-refractivity contribution in [2.75, 3.05) is 21.3 Å². The van der Waals surface area contributed by atoms with Gasteiger partial charge in [-0.1, -0.05) is 18.2 Å². The van der Waals surface area contributed by atoms with Crippen molar-refractivity contribution in [3.63, 3.8) is 0 Å². The fraction of sp³-hybridized carbons (Fsp3) is 0.250. The highest BCUT2D eigenvalue weighted by atomic mass is 19.4. The number of nitrogens with one attached hydrogen (secondary N) is 1. The Hall–Kier alpha value is -3.36. The first-order valence-corrected chi connectivity index (χ1v) is 8.37. The van der Waals surface area contributed by atoms with Gasteiger partial charge in [-0.15, -0.1) is 13.2 Å². The van der Waals surface area contributed by atoms with Crippen LogP contribution in [0.3, 0.4) is 0 Å². The third-order valence-corrected chi connectivity index (χ3v) is 3.80.